The van der Waals surface area contributed by atoms with Gasteiger partial charge in [0.15, 0.2) is 0 Å². The van der Waals surface area contributed by atoms with E-state index in [1.807, 2.05) is 10.8 Å². The van der Waals surface area contributed by atoms with E-state index in [4.69, 9.17) is 0 Å². The molecule has 0 radical (unpaired) electrons. The number of rotatable bonds is 7. The summed E-state index contributed by atoms with van der Waals surface area (Å²) in [6.45, 7) is 5.56. The fourth-order valence-corrected chi connectivity index (χ4v) is 3.19. The molecule has 0 aliphatic carbocycles. The van der Waals surface area contributed by atoms with Crippen molar-refractivity contribution in [2.24, 2.45) is 5.41 Å². The Morgan fingerprint density at radius 2 is 2.04 bits per heavy atom. The lowest BCUT2D eigenvalue weighted by molar-refractivity contribution is -0.121. The first-order valence-electron chi connectivity index (χ1n) is 7.87. The highest BCUT2D eigenvalue weighted by atomic mass is 35.5. The first kappa shape index (κ1) is 19.9. The molecule has 23 heavy (non-hydrogen) atoms. The fraction of sp³-hybridized carbons (Fsp3) is 0.625. The molecule has 0 saturated carbocycles. The first-order valence-corrected chi connectivity index (χ1v) is 8.81. The van der Waals surface area contributed by atoms with E-state index in [-0.39, 0.29) is 29.6 Å². The number of hydrogen-bond acceptors (Lipinski definition) is 4. The zero-order valence-corrected chi connectivity index (χ0v) is 15.2. The van der Waals surface area contributed by atoms with E-state index in [2.05, 4.69) is 22.9 Å². The maximum Gasteiger partial charge on any atom is 0.252 e. The molecule has 3 N–H and O–H groups in total. The fourth-order valence-electron chi connectivity index (χ4n) is 2.55. The second-order valence-electron chi connectivity index (χ2n) is 6.21. The number of halogens is 1. The summed E-state index contributed by atoms with van der Waals surface area (Å²) < 4.78 is 0. The largest absolute Gasteiger partial charge is 0.356 e. The highest BCUT2D eigenvalue weighted by Crippen LogP contribution is 2.26. The monoisotopic (exact) mass is 359 g/mol. The van der Waals surface area contributed by atoms with Crippen molar-refractivity contribution in [2.75, 3.05) is 26.2 Å². The van der Waals surface area contributed by atoms with Crippen molar-refractivity contribution in [1.29, 1.82) is 0 Å². The maximum atomic E-state index is 11.9. The molecule has 2 amide bonds. The minimum Gasteiger partial charge on any atom is -0.356 e. The number of piperidine rings is 1. The third-order valence-electron chi connectivity index (χ3n) is 4.17. The highest BCUT2D eigenvalue weighted by molar-refractivity contribution is 7.08. The Bertz CT molecular complexity index is 488. The van der Waals surface area contributed by atoms with Crippen LogP contribution in [0.4, 0.5) is 0 Å². The van der Waals surface area contributed by atoms with Crippen molar-refractivity contribution in [2.45, 2.75) is 32.6 Å². The van der Waals surface area contributed by atoms with Crippen LogP contribution in [0.3, 0.4) is 0 Å². The number of thiophene rings is 1. The van der Waals surface area contributed by atoms with Crippen molar-refractivity contribution >= 4 is 35.6 Å². The van der Waals surface area contributed by atoms with Gasteiger partial charge in [-0.2, -0.15) is 11.3 Å². The van der Waals surface area contributed by atoms with Crippen LogP contribution in [-0.4, -0.2) is 38.0 Å². The van der Waals surface area contributed by atoms with Gasteiger partial charge in [-0.1, -0.05) is 6.92 Å². The minimum absolute atomic E-state index is 0. The molecule has 2 rings (SSSR count). The van der Waals surface area contributed by atoms with Crippen LogP contribution in [0.25, 0.3) is 0 Å². The van der Waals surface area contributed by atoms with Crippen molar-refractivity contribution < 1.29 is 9.59 Å². The van der Waals surface area contributed by atoms with Crippen LogP contribution in [0.2, 0.25) is 0 Å². The quantitative estimate of drug-likeness (QED) is 0.653. The summed E-state index contributed by atoms with van der Waals surface area (Å²) in [5.41, 5.74) is 0.905. The number of hydrogen-bond donors (Lipinski definition) is 3. The molecule has 0 spiro atoms. The number of amides is 2. The molecule has 0 bridgehead atoms. The van der Waals surface area contributed by atoms with E-state index >= 15 is 0 Å². The average Bonchev–Trinajstić information content (AvgIpc) is 3.05. The Morgan fingerprint density at radius 3 is 2.70 bits per heavy atom. The van der Waals surface area contributed by atoms with Crippen molar-refractivity contribution in [3.63, 3.8) is 0 Å². The molecule has 1 aliphatic rings. The van der Waals surface area contributed by atoms with Gasteiger partial charge in [-0.3, -0.25) is 9.59 Å². The zero-order valence-electron chi connectivity index (χ0n) is 13.5. The molecule has 1 fully saturated rings. The summed E-state index contributed by atoms with van der Waals surface area (Å²) in [5, 5.41) is 12.9. The van der Waals surface area contributed by atoms with E-state index < -0.39 is 0 Å². The van der Waals surface area contributed by atoms with Gasteiger partial charge in [-0.05, 0) is 49.2 Å². The van der Waals surface area contributed by atoms with Gasteiger partial charge in [-0.25, -0.2) is 0 Å². The summed E-state index contributed by atoms with van der Waals surface area (Å²) in [5.74, 6) is 0.00779. The van der Waals surface area contributed by atoms with Gasteiger partial charge in [0.25, 0.3) is 5.91 Å². The van der Waals surface area contributed by atoms with Crippen LogP contribution in [0, 0.1) is 5.41 Å². The highest BCUT2D eigenvalue weighted by Gasteiger charge is 2.26. The summed E-state index contributed by atoms with van der Waals surface area (Å²) in [6, 6.07) is 1.80. The molecule has 1 aromatic rings. The maximum absolute atomic E-state index is 11.9. The zero-order chi connectivity index (χ0) is 15.8. The summed E-state index contributed by atoms with van der Waals surface area (Å²) in [7, 11) is 0. The lowest BCUT2D eigenvalue weighted by atomic mass is 9.81. The lowest BCUT2D eigenvalue weighted by Crippen LogP contribution is -2.43. The predicted octanol–water partition coefficient (Wildman–Crippen LogP) is 2.19. The SMILES string of the molecule is CC1(CNC(=O)CCCNC(=O)c2ccsc2)CCNCC1.Cl. The third kappa shape index (κ3) is 6.89. The molecule has 0 aromatic carbocycles. The van der Waals surface area contributed by atoms with Crippen LogP contribution in [-0.2, 0) is 4.79 Å². The standard InChI is InChI=1S/C16H25N3O2S.ClH/c1-16(5-8-17-9-6-16)12-19-14(20)3-2-7-18-15(21)13-4-10-22-11-13;/h4,10-11,17H,2-3,5-9,12H2,1H3,(H,18,21)(H,19,20);1H. The smallest absolute Gasteiger partial charge is 0.252 e. The molecular formula is C16H26ClN3O2S. The summed E-state index contributed by atoms with van der Waals surface area (Å²) in [4.78, 5) is 23.6. The second-order valence-corrected chi connectivity index (χ2v) is 6.99. The van der Waals surface area contributed by atoms with Gasteiger partial charge in [0.2, 0.25) is 5.91 Å². The van der Waals surface area contributed by atoms with Crippen LogP contribution in [0.1, 0.15) is 43.0 Å². The molecule has 130 valence electrons. The Morgan fingerprint density at radius 1 is 1.30 bits per heavy atom. The summed E-state index contributed by atoms with van der Waals surface area (Å²) in [6.07, 6.45) is 3.33. The summed E-state index contributed by atoms with van der Waals surface area (Å²) >= 11 is 1.50. The number of carbonyl (C=O) groups excluding carboxylic acids is 2. The lowest BCUT2D eigenvalue weighted by Gasteiger charge is -2.34. The van der Waals surface area contributed by atoms with Crippen molar-refractivity contribution in [3.8, 4) is 0 Å². The Labute approximate surface area is 148 Å². The average molecular weight is 360 g/mol. The van der Waals surface area contributed by atoms with E-state index in [0.29, 0.717) is 24.9 Å². The number of nitrogens with one attached hydrogen (secondary N) is 3. The van der Waals surface area contributed by atoms with Gasteiger partial charge < -0.3 is 16.0 Å². The van der Waals surface area contributed by atoms with Gasteiger partial charge >= 0.3 is 0 Å². The van der Waals surface area contributed by atoms with Crippen LogP contribution >= 0.6 is 23.7 Å². The van der Waals surface area contributed by atoms with E-state index in [1.54, 1.807) is 6.07 Å². The Kier molecular flexibility index (Phi) is 8.58. The molecule has 1 aromatic heterocycles. The van der Waals surface area contributed by atoms with Crippen LogP contribution < -0.4 is 16.0 Å². The predicted molar refractivity (Wildman–Crippen MR) is 96.4 cm³/mol. The van der Waals surface area contributed by atoms with Crippen molar-refractivity contribution in [3.05, 3.63) is 22.4 Å². The number of carbonyl (C=O) groups is 2. The van der Waals surface area contributed by atoms with Crippen molar-refractivity contribution in [1.82, 2.24) is 16.0 Å². The first-order chi connectivity index (χ1) is 10.6. The topological polar surface area (TPSA) is 70.2 Å². The van der Waals surface area contributed by atoms with Crippen LogP contribution in [0.5, 0.6) is 0 Å². The molecule has 2 heterocycles. The molecular weight excluding hydrogens is 334 g/mol. The third-order valence-corrected chi connectivity index (χ3v) is 4.86. The normalized spacial score (nSPS) is 16.2. The minimum atomic E-state index is -0.0659. The van der Waals surface area contributed by atoms with Gasteiger partial charge in [0, 0.05) is 30.5 Å². The van der Waals surface area contributed by atoms with E-state index in [0.717, 1.165) is 32.5 Å². The molecule has 5 nitrogen and oxygen atoms in total. The van der Waals surface area contributed by atoms with E-state index in [9.17, 15) is 9.59 Å². The molecule has 1 saturated heterocycles. The van der Waals surface area contributed by atoms with Gasteiger partial charge in [-0.15, -0.1) is 12.4 Å². The van der Waals surface area contributed by atoms with Crippen LogP contribution in [0.15, 0.2) is 16.8 Å². The Hall–Kier alpha value is -1.11. The van der Waals surface area contributed by atoms with Gasteiger partial charge in [0.1, 0.15) is 0 Å². The molecule has 0 unspecified atom stereocenters. The molecule has 0 atom stereocenters. The second kappa shape index (κ2) is 9.90. The molecule has 1 aliphatic heterocycles. The van der Waals surface area contributed by atoms with Gasteiger partial charge in [0.05, 0.1) is 0 Å². The molecule has 7 heteroatoms. The Balaban J connectivity index is 0.00000264. The van der Waals surface area contributed by atoms with E-state index in [1.165, 1.54) is 11.3 Å².